The molecule has 0 aromatic heterocycles. The first-order valence-electron chi connectivity index (χ1n) is 7.65. The average molecular weight is 367 g/mol. The van der Waals surface area contributed by atoms with Gasteiger partial charge >= 0.3 is 6.09 Å². The molecule has 2 saturated heterocycles. The molecule has 0 N–H and O–H groups in total. The van der Waals surface area contributed by atoms with Gasteiger partial charge in [0.25, 0.3) is 0 Å². The van der Waals surface area contributed by atoms with Gasteiger partial charge in [0.1, 0.15) is 10.9 Å². The molecule has 0 aromatic rings. The lowest BCUT2D eigenvalue weighted by Gasteiger charge is -2.25. The summed E-state index contributed by atoms with van der Waals surface area (Å²) >= 11 is 0. The fourth-order valence-electron chi connectivity index (χ4n) is 2.89. The lowest BCUT2D eigenvalue weighted by Crippen LogP contribution is -2.37. The molecule has 0 spiro atoms. The molecule has 2 heterocycles. The van der Waals surface area contributed by atoms with Crippen molar-refractivity contribution in [2.75, 3.05) is 26.2 Å². The van der Waals surface area contributed by atoms with E-state index < -0.39 is 19.9 Å². The van der Waals surface area contributed by atoms with E-state index in [1.165, 1.54) is 4.90 Å². The zero-order valence-corrected chi connectivity index (χ0v) is 15.2. The standard InChI is InChI=1S/C14H23ClN2O5S/c1-14(2,3)22-13(19)16-5-4-10(7-16)8-17-9-11(6-12(17)18)23(15,20)21/h10-11H,4-9H2,1-3H3/t10-,11?/m0/s1. The highest BCUT2D eigenvalue weighted by atomic mass is 35.7. The van der Waals surface area contributed by atoms with Crippen LogP contribution >= 0.6 is 10.7 Å². The molecular formula is C14H23ClN2O5S. The van der Waals surface area contributed by atoms with Gasteiger partial charge in [-0.05, 0) is 33.1 Å². The molecule has 9 heteroatoms. The molecule has 0 aliphatic carbocycles. The van der Waals surface area contributed by atoms with Crippen molar-refractivity contribution in [3.05, 3.63) is 0 Å². The summed E-state index contributed by atoms with van der Waals surface area (Å²) in [5, 5.41) is -0.833. The Labute approximate surface area is 141 Å². The lowest BCUT2D eigenvalue weighted by molar-refractivity contribution is -0.128. The molecule has 0 saturated carbocycles. The van der Waals surface area contributed by atoms with Gasteiger partial charge in [-0.15, -0.1) is 0 Å². The molecule has 23 heavy (non-hydrogen) atoms. The van der Waals surface area contributed by atoms with E-state index in [9.17, 15) is 18.0 Å². The highest BCUT2D eigenvalue weighted by Gasteiger charge is 2.39. The predicted molar refractivity (Wildman–Crippen MR) is 85.7 cm³/mol. The molecule has 2 fully saturated rings. The molecule has 1 unspecified atom stereocenters. The van der Waals surface area contributed by atoms with Crippen LogP contribution < -0.4 is 0 Å². The second-order valence-electron chi connectivity index (χ2n) is 7.18. The Morgan fingerprint density at radius 3 is 2.52 bits per heavy atom. The molecule has 2 aliphatic rings. The first-order valence-corrected chi connectivity index (χ1v) is 10.0. The smallest absolute Gasteiger partial charge is 0.410 e. The number of carbonyl (C=O) groups is 2. The van der Waals surface area contributed by atoms with Crippen LogP contribution in [0, 0.1) is 5.92 Å². The zero-order valence-electron chi connectivity index (χ0n) is 13.6. The Bertz CT molecular complexity index is 586. The van der Waals surface area contributed by atoms with E-state index in [-0.39, 0.29) is 30.9 Å². The molecule has 2 amide bonds. The minimum Gasteiger partial charge on any atom is -0.444 e. The average Bonchev–Trinajstić information content (AvgIpc) is 2.95. The van der Waals surface area contributed by atoms with Crippen molar-refractivity contribution in [3.8, 4) is 0 Å². The molecule has 2 rings (SSSR count). The third-order valence-electron chi connectivity index (χ3n) is 3.99. The maximum absolute atomic E-state index is 12.0. The topological polar surface area (TPSA) is 84.0 Å². The highest BCUT2D eigenvalue weighted by Crippen LogP contribution is 2.25. The van der Waals surface area contributed by atoms with Gasteiger partial charge in [-0.25, -0.2) is 13.2 Å². The van der Waals surface area contributed by atoms with Crippen LogP contribution in [0.3, 0.4) is 0 Å². The summed E-state index contributed by atoms with van der Waals surface area (Å²) in [5.41, 5.74) is -0.540. The van der Waals surface area contributed by atoms with Crippen molar-refractivity contribution in [3.63, 3.8) is 0 Å². The first-order chi connectivity index (χ1) is 10.5. The second kappa shape index (κ2) is 6.47. The van der Waals surface area contributed by atoms with E-state index in [0.29, 0.717) is 19.6 Å². The number of ether oxygens (including phenoxy) is 1. The van der Waals surface area contributed by atoms with E-state index >= 15 is 0 Å². The van der Waals surface area contributed by atoms with Crippen LogP contribution in [0.5, 0.6) is 0 Å². The third-order valence-corrected chi connectivity index (χ3v) is 5.86. The lowest BCUT2D eigenvalue weighted by atomic mass is 10.1. The van der Waals surface area contributed by atoms with Gasteiger partial charge in [-0.1, -0.05) is 0 Å². The summed E-state index contributed by atoms with van der Waals surface area (Å²) < 4.78 is 28.0. The van der Waals surface area contributed by atoms with E-state index in [4.69, 9.17) is 15.4 Å². The molecular weight excluding hydrogens is 344 g/mol. The van der Waals surface area contributed by atoms with Crippen LogP contribution in [-0.2, 0) is 18.6 Å². The Hall–Kier alpha value is -1.02. The van der Waals surface area contributed by atoms with Crippen molar-refractivity contribution < 1.29 is 22.7 Å². The van der Waals surface area contributed by atoms with Crippen LogP contribution in [-0.4, -0.2) is 67.2 Å². The van der Waals surface area contributed by atoms with E-state index in [0.717, 1.165) is 6.42 Å². The van der Waals surface area contributed by atoms with Crippen LogP contribution in [0.25, 0.3) is 0 Å². The summed E-state index contributed by atoms with van der Waals surface area (Å²) in [6, 6.07) is 0. The van der Waals surface area contributed by atoms with Crippen LogP contribution in [0.1, 0.15) is 33.6 Å². The number of nitrogens with zero attached hydrogens (tertiary/aromatic N) is 2. The Morgan fingerprint density at radius 1 is 1.35 bits per heavy atom. The van der Waals surface area contributed by atoms with Crippen LogP contribution in [0.2, 0.25) is 0 Å². The van der Waals surface area contributed by atoms with Crippen LogP contribution in [0.15, 0.2) is 0 Å². The van der Waals surface area contributed by atoms with E-state index in [2.05, 4.69) is 0 Å². The van der Waals surface area contributed by atoms with Gasteiger partial charge in [-0.3, -0.25) is 4.79 Å². The monoisotopic (exact) mass is 366 g/mol. The van der Waals surface area contributed by atoms with Gasteiger partial charge in [0, 0.05) is 43.3 Å². The SMILES string of the molecule is CC(C)(C)OC(=O)N1CC[C@H](CN2CC(S(=O)(=O)Cl)CC2=O)C1. The molecule has 0 aromatic carbocycles. The maximum Gasteiger partial charge on any atom is 0.410 e. The molecule has 0 bridgehead atoms. The van der Waals surface area contributed by atoms with Crippen molar-refractivity contribution in [2.24, 2.45) is 5.92 Å². The summed E-state index contributed by atoms with van der Waals surface area (Å²) in [6.07, 6.45) is 0.351. The van der Waals surface area contributed by atoms with Gasteiger partial charge < -0.3 is 14.5 Å². The molecule has 2 atom stereocenters. The van der Waals surface area contributed by atoms with Gasteiger partial charge in [0.05, 0.1) is 0 Å². The van der Waals surface area contributed by atoms with E-state index in [1.807, 2.05) is 20.8 Å². The number of hydrogen-bond donors (Lipinski definition) is 0. The van der Waals surface area contributed by atoms with Crippen LogP contribution in [0.4, 0.5) is 4.79 Å². The van der Waals surface area contributed by atoms with Gasteiger partial charge in [-0.2, -0.15) is 0 Å². The Balaban J connectivity index is 1.86. The number of amides is 2. The number of halogens is 1. The van der Waals surface area contributed by atoms with Crippen molar-refractivity contribution in [1.29, 1.82) is 0 Å². The zero-order chi connectivity index (χ0) is 17.4. The summed E-state index contributed by atoms with van der Waals surface area (Å²) in [7, 11) is 1.62. The third kappa shape index (κ3) is 4.97. The largest absolute Gasteiger partial charge is 0.444 e. The molecule has 132 valence electrons. The summed E-state index contributed by atoms with van der Waals surface area (Å²) in [4.78, 5) is 27.1. The second-order valence-corrected chi connectivity index (χ2v) is 10.1. The van der Waals surface area contributed by atoms with Crippen molar-refractivity contribution >= 4 is 31.7 Å². The first kappa shape index (κ1) is 18.3. The van der Waals surface area contributed by atoms with Gasteiger partial charge in [0.15, 0.2) is 0 Å². The fourth-order valence-corrected chi connectivity index (χ4v) is 3.94. The number of rotatable bonds is 3. The Kier molecular flexibility index (Phi) is 5.15. The predicted octanol–water partition coefficient (Wildman–Crippen LogP) is 1.41. The minimum absolute atomic E-state index is 0.0612. The van der Waals surface area contributed by atoms with E-state index in [1.54, 1.807) is 4.90 Å². The van der Waals surface area contributed by atoms with Gasteiger partial charge in [0.2, 0.25) is 15.0 Å². The fraction of sp³-hybridized carbons (Fsp3) is 0.857. The normalized spacial score (nSPS) is 26.0. The number of hydrogen-bond acceptors (Lipinski definition) is 5. The minimum atomic E-state index is -3.72. The number of carbonyl (C=O) groups excluding carboxylic acids is 2. The highest BCUT2D eigenvalue weighted by molar-refractivity contribution is 8.14. The maximum atomic E-state index is 12.0. The summed E-state index contributed by atoms with van der Waals surface area (Å²) in [6.45, 7) is 7.11. The van der Waals surface area contributed by atoms with Crippen molar-refractivity contribution in [1.82, 2.24) is 9.80 Å². The quantitative estimate of drug-likeness (QED) is 0.705. The number of likely N-dealkylation sites (tertiary alicyclic amines) is 2. The summed E-state index contributed by atoms with van der Waals surface area (Å²) in [5.74, 6) is -0.0711. The van der Waals surface area contributed by atoms with Crippen molar-refractivity contribution in [2.45, 2.75) is 44.5 Å². The molecule has 0 radical (unpaired) electrons. The Morgan fingerprint density at radius 2 is 2.00 bits per heavy atom. The molecule has 7 nitrogen and oxygen atoms in total. The molecule has 2 aliphatic heterocycles.